The highest BCUT2D eigenvalue weighted by atomic mass is 16.6. The first-order valence-corrected chi connectivity index (χ1v) is 4.47. The number of hydrogen-bond acceptors (Lipinski definition) is 3. The second-order valence-electron chi connectivity index (χ2n) is 3.08. The molecule has 1 amide bonds. The minimum Gasteiger partial charge on any atom is -0.445 e. The number of carbonyl (C=O) groups excluding carboxylic acids is 1. The van der Waals surface area contributed by atoms with Gasteiger partial charge in [-0.15, -0.1) is 0 Å². The standard InChI is InChI=1S/C8H16N2O2/c1-2-10(9)8(11)12-7-5-3-4-6-7/h7H,2-6,9H2,1H3. The molecule has 0 spiro atoms. The summed E-state index contributed by atoms with van der Waals surface area (Å²) >= 11 is 0. The molecular formula is C8H16N2O2. The maximum Gasteiger partial charge on any atom is 0.424 e. The first kappa shape index (κ1) is 9.32. The molecule has 4 nitrogen and oxygen atoms in total. The van der Waals surface area contributed by atoms with E-state index in [-0.39, 0.29) is 6.10 Å². The van der Waals surface area contributed by atoms with Gasteiger partial charge >= 0.3 is 6.09 Å². The summed E-state index contributed by atoms with van der Waals surface area (Å²) in [6.07, 6.45) is 4.01. The molecule has 1 aliphatic carbocycles. The van der Waals surface area contributed by atoms with Crippen LogP contribution in [0.2, 0.25) is 0 Å². The van der Waals surface area contributed by atoms with Crippen molar-refractivity contribution in [2.45, 2.75) is 38.7 Å². The molecule has 0 saturated heterocycles. The number of ether oxygens (including phenoxy) is 1. The summed E-state index contributed by atoms with van der Waals surface area (Å²) in [6.45, 7) is 2.31. The van der Waals surface area contributed by atoms with E-state index < -0.39 is 6.09 Å². The van der Waals surface area contributed by atoms with Gasteiger partial charge in [0.05, 0.1) is 0 Å². The van der Waals surface area contributed by atoms with Crippen molar-refractivity contribution >= 4 is 6.09 Å². The molecule has 70 valence electrons. The molecule has 0 aliphatic heterocycles. The molecule has 0 unspecified atom stereocenters. The van der Waals surface area contributed by atoms with Crippen molar-refractivity contribution in [2.75, 3.05) is 6.54 Å². The Kier molecular flexibility index (Phi) is 3.34. The molecular weight excluding hydrogens is 156 g/mol. The van der Waals surface area contributed by atoms with Crippen LogP contribution in [0.3, 0.4) is 0 Å². The molecule has 4 heteroatoms. The van der Waals surface area contributed by atoms with E-state index in [1.54, 1.807) is 0 Å². The molecule has 0 atom stereocenters. The van der Waals surface area contributed by atoms with Gasteiger partial charge in [-0.2, -0.15) is 0 Å². The van der Waals surface area contributed by atoms with Crippen LogP contribution >= 0.6 is 0 Å². The SMILES string of the molecule is CCN(N)C(=O)OC1CCCC1. The lowest BCUT2D eigenvalue weighted by atomic mass is 10.3. The van der Waals surface area contributed by atoms with Gasteiger partial charge in [-0.25, -0.2) is 15.6 Å². The average Bonchev–Trinajstić information content (AvgIpc) is 2.55. The van der Waals surface area contributed by atoms with Crippen LogP contribution in [0, 0.1) is 0 Å². The third-order valence-electron chi connectivity index (χ3n) is 2.14. The van der Waals surface area contributed by atoms with Crippen LogP contribution in [0.15, 0.2) is 0 Å². The quantitative estimate of drug-likeness (QED) is 0.387. The Morgan fingerprint density at radius 2 is 2.17 bits per heavy atom. The van der Waals surface area contributed by atoms with Gasteiger partial charge in [0.25, 0.3) is 0 Å². The predicted octanol–water partition coefficient (Wildman–Crippen LogP) is 1.26. The highest BCUT2D eigenvalue weighted by Crippen LogP contribution is 2.21. The maximum absolute atomic E-state index is 11.1. The van der Waals surface area contributed by atoms with E-state index >= 15 is 0 Å². The number of nitrogens with two attached hydrogens (primary N) is 1. The number of nitrogens with zero attached hydrogens (tertiary/aromatic N) is 1. The normalized spacial score (nSPS) is 17.8. The Hall–Kier alpha value is -0.770. The van der Waals surface area contributed by atoms with Gasteiger partial charge in [-0.1, -0.05) is 0 Å². The average molecular weight is 172 g/mol. The Labute approximate surface area is 72.6 Å². The molecule has 1 saturated carbocycles. The molecule has 0 bridgehead atoms. The summed E-state index contributed by atoms with van der Waals surface area (Å²) in [4.78, 5) is 11.1. The summed E-state index contributed by atoms with van der Waals surface area (Å²) in [5.41, 5.74) is 0. The van der Waals surface area contributed by atoms with Gasteiger partial charge in [0.2, 0.25) is 0 Å². The van der Waals surface area contributed by atoms with Gasteiger partial charge in [0, 0.05) is 6.54 Å². The van der Waals surface area contributed by atoms with Crippen LogP contribution in [-0.4, -0.2) is 23.8 Å². The number of hydrazine groups is 1. The first-order valence-electron chi connectivity index (χ1n) is 4.47. The highest BCUT2D eigenvalue weighted by Gasteiger charge is 2.20. The van der Waals surface area contributed by atoms with Crippen LogP contribution in [0.1, 0.15) is 32.6 Å². The number of rotatable bonds is 2. The lowest BCUT2D eigenvalue weighted by molar-refractivity contribution is 0.0667. The van der Waals surface area contributed by atoms with Crippen LogP contribution in [0.25, 0.3) is 0 Å². The maximum atomic E-state index is 11.1. The summed E-state index contributed by atoms with van der Waals surface area (Å²) in [5.74, 6) is 5.35. The molecule has 0 radical (unpaired) electrons. The van der Waals surface area contributed by atoms with Gasteiger partial charge in [0.15, 0.2) is 0 Å². The number of amides is 1. The minimum absolute atomic E-state index is 0.107. The summed E-state index contributed by atoms with van der Waals surface area (Å²) < 4.78 is 5.13. The lowest BCUT2D eigenvalue weighted by Gasteiger charge is -2.17. The van der Waals surface area contributed by atoms with E-state index in [0.29, 0.717) is 6.54 Å². The van der Waals surface area contributed by atoms with Gasteiger partial charge in [-0.3, -0.25) is 0 Å². The largest absolute Gasteiger partial charge is 0.445 e. The minimum atomic E-state index is -0.399. The molecule has 2 N–H and O–H groups in total. The van der Waals surface area contributed by atoms with E-state index in [0.717, 1.165) is 30.7 Å². The second-order valence-corrected chi connectivity index (χ2v) is 3.08. The van der Waals surface area contributed by atoms with Crippen LogP contribution < -0.4 is 5.84 Å². The molecule has 0 aromatic carbocycles. The van der Waals surface area contributed by atoms with E-state index in [9.17, 15) is 4.79 Å². The molecule has 1 aliphatic rings. The number of carbonyl (C=O) groups is 1. The zero-order valence-corrected chi connectivity index (χ0v) is 7.45. The highest BCUT2D eigenvalue weighted by molar-refractivity contribution is 5.66. The third-order valence-corrected chi connectivity index (χ3v) is 2.14. The van der Waals surface area contributed by atoms with E-state index in [4.69, 9.17) is 10.6 Å². The fraction of sp³-hybridized carbons (Fsp3) is 0.875. The Balaban J connectivity index is 2.25. The fourth-order valence-electron chi connectivity index (χ4n) is 1.35. The first-order chi connectivity index (χ1) is 5.74. The van der Waals surface area contributed by atoms with Crippen molar-refractivity contribution in [1.29, 1.82) is 0 Å². The number of hydrogen-bond donors (Lipinski definition) is 1. The van der Waals surface area contributed by atoms with Crippen LogP contribution in [0.4, 0.5) is 4.79 Å². The van der Waals surface area contributed by atoms with Crippen molar-refractivity contribution in [3.8, 4) is 0 Å². The van der Waals surface area contributed by atoms with Crippen molar-refractivity contribution < 1.29 is 9.53 Å². The van der Waals surface area contributed by atoms with Gasteiger partial charge in [0.1, 0.15) is 6.10 Å². The Morgan fingerprint density at radius 3 is 2.67 bits per heavy atom. The molecule has 1 fully saturated rings. The predicted molar refractivity (Wildman–Crippen MR) is 45.3 cm³/mol. The summed E-state index contributed by atoms with van der Waals surface area (Å²) in [6, 6.07) is 0. The van der Waals surface area contributed by atoms with Crippen LogP contribution in [-0.2, 0) is 4.74 Å². The molecule has 12 heavy (non-hydrogen) atoms. The second kappa shape index (κ2) is 4.30. The van der Waals surface area contributed by atoms with Crippen molar-refractivity contribution in [3.63, 3.8) is 0 Å². The molecule has 0 aromatic rings. The van der Waals surface area contributed by atoms with Gasteiger partial charge in [-0.05, 0) is 32.6 Å². The Morgan fingerprint density at radius 1 is 1.58 bits per heavy atom. The van der Waals surface area contributed by atoms with Crippen molar-refractivity contribution in [1.82, 2.24) is 5.01 Å². The van der Waals surface area contributed by atoms with Crippen LogP contribution in [0.5, 0.6) is 0 Å². The Bertz CT molecular complexity index is 155. The summed E-state index contributed by atoms with van der Waals surface area (Å²) in [7, 11) is 0. The topological polar surface area (TPSA) is 55.6 Å². The summed E-state index contributed by atoms with van der Waals surface area (Å²) in [5, 5.41) is 1.10. The van der Waals surface area contributed by atoms with Crippen molar-refractivity contribution in [2.24, 2.45) is 5.84 Å². The molecule has 0 heterocycles. The van der Waals surface area contributed by atoms with Gasteiger partial charge < -0.3 is 4.74 Å². The lowest BCUT2D eigenvalue weighted by Crippen LogP contribution is -2.39. The fourth-order valence-corrected chi connectivity index (χ4v) is 1.35. The molecule has 0 aromatic heterocycles. The zero-order valence-electron chi connectivity index (χ0n) is 7.45. The smallest absolute Gasteiger partial charge is 0.424 e. The third kappa shape index (κ3) is 2.37. The molecule has 1 rings (SSSR count). The van der Waals surface area contributed by atoms with E-state index in [1.807, 2.05) is 6.92 Å². The van der Waals surface area contributed by atoms with E-state index in [1.165, 1.54) is 0 Å². The zero-order chi connectivity index (χ0) is 8.97. The van der Waals surface area contributed by atoms with Crippen molar-refractivity contribution in [3.05, 3.63) is 0 Å². The monoisotopic (exact) mass is 172 g/mol. The van der Waals surface area contributed by atoms with E-state index in [2.05, 4.69) is 0 Å².